The van der Waals surface area contributed by atoms with E-state index in [-0.39, 0.29) is 5.41 Å². The van der Waals surface area contributed by atoms with Crippen LogP contribution in [-0.2, 0) is 13.0 Å². The standard InChI is InChI=1S/C15H24N4/c1-3-4-6-14-17-9-13(18-14)10-19-8-5-7-15(2,11-16)12-19/h9H,3-8,10,12H2,1-2H3,(H,17,18). The van der Waals surface area contributed by atoms with E-state index in [0.717, 1.165) is 44.7 Å². The number of aromatic amines is 1. The number of nitrogens with zero attached hydrogens (tertiary/aromatic N) is 3. The van der Waals surface area contributed by atoms with Crippen LogP contribution in [-0.4, -0.2) is 28.0 Å². The minimum atomic E-state index is -0.177. The van der Waals surface area contributed by atoms with Gasteiger partial charge in [0.05, 0.1) is 11.5 Å². The predicted octanol–water partition coefficient (Wildman–Crippen LogP) is 2.88. The Morgan fingerprint density at radius 1 is 1.58 bits per heavy atom. The molecule has 1 aliphatic rings. The molecule has 1 unspecified atom stereocenters. The Hall–Kier alpha value is -1.34. The molecule has 19 heavy (non-hydrogen) atoms. The van der Waals surface area contributed by atoms with Crippen LogP contribution >= 0.6 is 0 Å². The first-order valence-corrected chi connectivity index (χ1v) is 7.31. The van der Waals surface area contributed by atoms with Crippen LogP contribution in [0.2, 0.25) is 0 Å². The predicted molar refractivity (Wildman–Crippen MR) is 75.4 cm³/mol. The van der Waals surface area contributed by atoms with E-state index in [1.54, 1.807) is 0 Å². The van der Waals surface area contributed by atoms with Crippen LogP contribution < -0.4 is 0 Å². The molecule has 4 heteroatoms. The van der Waals surface area contributed by atoms with Crippen molar-refractivity contribution in [2.45, 2.75) is 52.5 Å². The average Bonchev–Trinajstić information content (AvgIpc) is 2.84. The summed E-state index contributed by atoms with van der Waals surface area (Å²) in [7, 11) is 0. The molecule has 1 N–H and O–H groups in total. The number of piperidine rings is 1. The van der Waals surface area contributed by atoms with Crippen molar-refractivity contribution in [2.75, 3.05) is 13.1 Å². The van der Waals surface area contributed by atoms with Gasteiger partial charge in [0.25, 0.3) is 0 Å². The van der Waals surface area contributed by atoms with E-state index in [2.05, 4.69) is 34.8 Å². The number of nitrogens with one attached hydrogen (secondary N) is 1. The lowest BCUT2D eigenvalue weighted by atomic mass is 9.83. The fourth-order valence-corrected chi connectivity index (χ4v) is 2.77. The summed E-state index contributed by atoms with van der Waals surface area (Å²) in [5.74, 6) is 1.09. The van der Waals surface area contributed by atoms with Gasteiger partial charge in [-0.2, -0.15) is 5.26 Å². The van der Waals surface area contributed by atoms with Crippen molar-refractivity contribution in [3.8, 4) is 6.07 Å². The topological polar surface area (TPSA) is 55.7 Å². The second-order valence-electron chi connectivity index (χ2n) is 5.95. The molecule has 1 aliphatic heterocycles. The number of hydrogen-bond donors (Lipinski definition) is 1. The number of aryl methyl sites for hydroxylation is 1. The van der Waals surface area contributed by atoms with Crippen LogP contribution in [0.25, 0.3) is 0 Å². The lowest BCUT2D eigenvalue weighted by molar-refractivity contribution is 0.135. The molecule has 0 radical (unpaired) electrons. The van der Waals surface area contributed by atoms with Crippen LogP contribution in [0.3, 0.4) is 0 Å². The van der Waals surface area contributed by atoms with Gasteiger partial charge in [0.15, 0.2) is 0 Å². The van der Waals surface area contributed by atoms with E-state index in [9.17, 15) is 5.26 Å². The van der Waals surface area contributed by atoms with Crippen molar-refractivity contribution < 1.29 is 0 Å². The Bertz CT molecular complexity index is 445. The second kappa shape index (κ2) is 6.21. The number of hydrogen-bond acceptors (Lipinski definition) is 3. The van der Waals surface area contributed by atoms with Gasteiger partial charge in [-0.3, -0.25) is 4.90 Å². The monoisotopic (exact) mass is 260 g/mol. The molecule has 0 spiro atoms. The molecule has 0 aliphatic carbocycles. The van der Waals surface area contributed by atoms with Crippen molar-refractivity contribution in [3.63, 3.8) is 0 Å². The smallest absolute Gasteiger partial charge is 0.106 e. The zero-order valence-electron chi connectivity index (χ0n) is 12.1. The quantitative estimate of drug-likeness (QED) is 0.885. The number of aromatic nitrogens is 2. The highest BCUT2D eigenvalue weighted by molar-refractivity contribution is 5.04. The first-order valence-electron chi connectivity index (χ1n) is 7.31. The molecule has 4 nitrogen and oxygen atoms in total. The second-order valence-corrected chi connectivity index (χ2v) is 5.95. The van der Waals surface area contributed by atoms with E-state index in [4.69, 9.17) is 0 Å². The van der Waals surface area contributed by atoms with Crippen molar-refractivity contribution in [1.29, 1.82) is 5.26 Å². The maximum Gasteiger partial charge on any atom is 0.106 e. The molecule has 0 saturated carbocycles. The first-order chi connectivity index (χ1) is 9.15. The molecule has 1 aromatic rings. The number of imidazole rings is 1. The molecule has 2 rings (SSSR count). The molecule has 104 valence electrons. The molecule has 1 fully saturated rings. The van der Waals surface area contributed by atoms with Crippen LogP contribution in [0.4, 0.5) is 0 Å². The normalized spacial score (nSPS) is 24.3. The summed E-state index contributed by atoms with van der Waals surface area (Å²) in [6.45, 7) is 7.10. The zero-order valence-corrected chi connectivity index (χ0v) is 12.1. The first kappa shape index (κ1) is 14.1. The molecule has 0 aromatic carbocycles. The van der Waals surface area contributed by atoms with Gasteiger partial charge in [0, 0.05) is 31.4 Å². The molecular formula is C15H24N4. The van der Waals surface area contributed by atoms with Crippen molar-refractivity contribution in [2.24, 2.45) is 5.41 Å². The molecule has 1 aromatic heterocycles. The van der Waals surface area contributed by atoms with Gasteiger partial charge in [0.1, 0.15) is 5.82 Å². The number of rotatable bonds is 5. The number of likely N-dealkylation sites (tertiary alicyclic amines) is 1. The summed E-state index contributed by atoms with van der Waals surface area (Å²) < 4.78 is 0. The van der Waals surface area contributed by atoms with Crippen LogP contribution in [0, 0.1) is 16.7 Å². The summed E-state index contributed by atoms with van der Waals surface area (Å²) in [5.41, 5.74) is 0.997. The Labute approximate surface area is 115 Å². The number of H-pyrrole nitrogens is 1. The Morgan fingerprint density at radius 3 is 3.16 bits per heavy atom. The number of unbranched alkanes of at least 4 members (excludes halogenated alkanes) is 1. The van der Waals surface area contributed by atoms with Gasteiger partial charge in [-0.15, -0.1) is 0 Å². The lowest BCUT2D eigenvalue weighted by Gasteiger charge is -2.35. The minimum Gasteiger partial charge on any atom is -0.345 e. The maximum atomic E-state index is 9.24. The van der Waals surface area contributed by atoms with E-state index in [1.165, 1.54) is 18.5 Å². The van der Waals surface area contributed by atoms with Crippen LogP contribution in [0.1, 0.15) is 51.0 Å². The maximum absolute atomic E-state index is 9.24. The lowest BCUT2D eigenvalue weighted by Crippen LogP contribution is -2.40. The molecule has 0 amide bonds. The number of nitriles is 1. The Kier molecular flexibility index (Phi) is 4.60. The van der Waals surface area contributed by atoms with Gasteiger partial charge < -0.3 is 4.98 Å². The highest BCUT2D eigenvalue weighted by Crippen LogP contribution is 2.29. The van der Waals surface area contributed by atoms with Gasteiger partial charge in [-0.25, -0.2) is 4.98 Å². The minimum absolute atomic E-state index is 0.177. The van der Waals surface area contributed by atoms with E-state index >= 15 is 0 Å². The molecular weight excluding hydrogens is 236 g/mol. The molecule has 1 saturated heterocycles. The van der Waals surface area contributed by atoms with Gasteiger partial charge in [0.2, 0.25) is 0 Å². The summed E-state index contributed by atoms with van der Waals surface area (Å²) in [6.07, 6.45) is 7.49. The highest BCUT2D eigenvalue weighted by atomic mass is 15.1. The van der Waals surface area contributed by atoms with E-state index in [0.29, 0.717) is 0 Å². The van der Waals surface area contributed by atoms with Gasteiger partial charge >= 0.3 is 0 Å². The van der Waals surface area contributed by atoms with E-state index in [1.807, 2.05) is 6.20 Å². The van der Waals surface area contributed by atoms with E-state index < -0.39 is 0 Å². The fraction of sp³-hybridized carbons (Fsp3) is 0.733. The fourth-order valence-electron chi connectivity index (χ4n) is 2.77. The SMILES string of the molecule is CCCCc1ncc(CN2CCCC(C)(C#N)C2)[nH]1. The molecule has 1 atom stereocenters. The summed E-state index contributed by atoms with van der Waals surface area (Å²) in [4.78, 5) is 10.2. The average molecular weight is 260 g/mol. The summed E-state index contributed by atoms with van der Waals surface area (Å²) >= 11 is 0. The van der Waals surface area contributed by atoms with Crippen LogP contribution in [0.15, 0.2) is 6.20 Å². The third-order valence-corrected chi connectivity index (χ3v) is 3.89. The van der Waals surface area contributed by atoms with Crippen molar-refractivity contribution >= 4 is 0 Å². The molecule has 0 bridgehead atoms. The van der Waals surface area contributed by atoms with Gasteiger partial charge in [-0.05, 0) is 32.7 Å². The zero-order chi connectivity index (χ0) is 13.7. The van der Waals surface area contributed by atoms with Crippen molar-refractivity contribution in [1.82, 2.24) is 14.9 Å². The van der Waals surface area contributed by atoms with Gasteiger partial charge in [-0.1, -0.05) is 13.3 Å². The molecule has 2 heterocycles. The Morgan fingerprint density at radius 2 is 2.42 bits per heavy atom. The Balaban J connectivity index is 1.90. The van der Waals surface area contributed by atoms with Crippen molar-refractivity contribution in [3.05, 3.63) is 17.7 Å². The summed E-state index contributed by atoms with van der Waals surface area (Å²) in [5, 5.41) is 9.24. The summed E-state index contributed by atoms with van der Waals surface area (Å²) in [6, 6.07) is 2.46. The highest BCUT2D eigenvalue weighted by Gasteiger charge is 2.30. The third-order valence-electron chi connectivity index (χ3n) is 3.89. The largest absolute Gasteiger partial charge is 0.345 e. The van der Waals surface area contributed by atoms with Crippen LogP contribution in [0.5, 0.6) is 0 Å². The third kappa shape index (κ3) is 3.81.